The second-order valence-corrected chi connectivity index (χ2v) is 9.21. The number of nitrogens with zero attached hydrogens (tertiary/aromatic N) is 4. The molecule has 2 saturated heterocycles. The van der Waals surface area contributed by atoms with Crippen LogP contribution >= 0.6 is 11.3 Å². The van der Waals surface area contributed by atoms with E-state index >= 15 is 0 Å². The van der Waals surface area contributed by atoms with Crippen molar-refractivity contribution in [3.05, 3.63) is 29.3 Å². The van der Waals surface area contributed by atoms with Gasteiger partial charge in [-0.2, -0.15) is 0 Å². The Balaban J connectivity index is 1.30. The lowest BCUT2D eigenvalue weighted by Crippen LogP contribution is -2.50. The molecule has 0 radical (unpaired) electrons. The van der Waals surface area contributed by atoms with Crippen LogP contribution in [-0.4, -0.2) is 70.3 Å². The average molecular weight is 415 g/mol. The molecule has 4 rings (SSSR count). The van der Waals surface area contributed by atoms with Crippen molar-refractivity contribution in [1.29, 1.82) is 0 Å². The Morgan fingerprint density at radius 1 is 1.17 bits per heavy atom. The fourth-order valence-corrected chi connectivity index (χ4v) is 5.55. The van der Waals surface area contributed by atoms with Crippen molar-refractivity contribution in [2.75, 3.05) is 32.7 Å². The number of piperazine rings is 1. The lowest BCUT2D eigenvalue weighted by molar-refractivity contribution is -0.137. The summed E-state index contributed by atoms with van der Waals surface area (Å²) in [4.78, 5) is 36.4. The van der Waals surface area contributed by atoms with Gasteiger partial charge in [0.15, 0.2) is 0 Å². The minimum Gasteiger partial charge on any atom is -0.340 e. The number of rotatable bonds is 6. The number of fused-ring (bicyclic) bond motifs is 1. The minimum atomic E-state index is -0.168. The summed E-state index contributed by atoms with van der Waals surface area (Å²) in [5.74, 6) is 0.136. The van der Waals surface area contributed by atoms with Crippen LogP contribution in [0, 0.1) is 5.92 Å². The Morgan fingerprint density at radius 3 is 2.59 bits per heavy atom. The molecule has 0 spiro atoms. The van der Waals surface area contributed by atoms with Gasteiger partial charge in [0.25, 0.3) is 0 Å². The van der Waals surface area contributed by atoms with Crippen molar-refractivity contribution in [2.45, 2.75) is 45.7 Å². The van der Waals surface area contributed by atoms with Crippen LogP contribution in [0.3, 0.4) is 0 Å². The van der Waals surface area contributed by atoms with E-state index in [4.69, 9.17) is 4.98 Å². The summed E-state index contributed by atoms with van der Waals surface area (Å²) in [5.41, 5.74) is 1.06. The standard InChI is InChI=1S/C22H30N4O2S/c1-3-17(4-2)26-14-16(13-21(26)27)22(28)25-11-9-24(10-12-25)15-20-23-18-7-5-6-8-19(18)29-20/h5-8,16-17H,3-4,9-15H2,1-2H3. The summed E-state index contributed by atoms with van der Waals surface area (Å²) in [7, 11) is 0. The van der Waals surface area contributed by atoms with E-state index in [0.717, 1.165) is 56.1 Å². The largest absolute Gasteiger partial charge is 0.340 e. The maximum Gasteiger partial charge on any atom is 0.228 e. The highest BCUT2D eigenvalue weighted by atomic mass is 32.1. The Hall–Kier alpha value is -1.99. The topological polar surface area (TPSA) is 56.8 Å². The third kappa shape index (κ3) is 4.31. The Morgan fingerprint density at radius 2 is 1.90 bits per heavy atom. The molecular formula is C22H30N4O2S. The van der Waals surface area contributed by atoms with Crippen molar-refractivity contribution in [2.24, 2.45) is 5.92 Å². The minimum absolute atomic E-state index is 0.145. The number of likely N-dealkylation sites (tertiary alicyclic amines) is 1. The van der Waals surface area contributed by atoms with E-state index in [1.54, 1.807) is 11.3 Å². The molecule has 29 heavy (non-hydrogen) atoms. The number of carbonyl (C=O) groups is 2. The highest BCUT2D eigenvalue weighted by molar-refractivity contribution is 7.18. The molecule has 1 unspecified atom stereocenters. The van der Waals surface area contributed by atoms with Crippen LogP contribution in [0.15, 0.2) is 24.3 Å². The van der Waals surface area contributed by atoms with Gasteiger partial charge in [-0.15, -0.1) is 11.3 Å². The number of aromatic nitrogens is 1. The Kier molecular flexibility index (Phi) is 6.15. The van der Waals surface area contributed by atoms with Gasteiger partial charge >= 0.3 is 0 Å². The summed E-state index contributed by atoms with van der Waals surface area (Å²) < 4.78 is 1.23. The zero-order valence-corrected chi connectivity index (χ0v) is 18.2. The summed E-state index contributed by atoms with van der Waals surface area (Å²) in [6, 6.07) is 8.51. The van der Waals surface area contributed by atoms with E-state index in [1.165, 1.54) is 4.70 Å². The molecule has 1 aromatic carbocycles. The monoisotopic (exact) mass is 414 g/mol. The van der Waals surface area contributed by atoms with Crippen LogP contribution < -0.4 is 0 Å². The van der Waals surface area contributed by atoms with Gasteiger partial charge in [0, 0.05) is 45.2 Å². The second kappa shape index (κ2) is 8.79. The van der Waals surface area contributed by atoms with Gasteiger partial charge in [0.2, 0.25) is 11.8 Å². The number of hydrogen-bond acceptors (Lipinski definition) is 5. The molecule has 0 aliphatic carbocycles. The molecule has 0 bridgehead atoms. The van der Waals surface area contributed by atoms with Gasteiger partial charge in [-0.05, 0) is 25.0 Å². The molecule has 2 aromatic rings. The predicted molar refractivity (Wildman–Crippen MR) is 116 cm³/mol. The van der Waals surface area contributed by atoms with Gasteiger partial charge in [-0.1, -0.05) is 26.0 Å². The number of carbonyl (C=O) groups excluding carboxylic acids is 2. The molecule has 1 aromatic heterocycles. The molecule has 2 aliphatic rings. The van der Waals surface area contributed by atoms with Gasteiger partial charge in [0.1, 0.15) is 5.01 Å². The van der Waals surface area contributed by atoms with Crippen LogP contribution in [0.25, 0.3) is 10.2 Å². The predicted octanol–water partition coefficient (Wildman–Crippen LogP) is 2.98. The number of benzene rings is 1. The van der Waals surface area contributed by atoms with E-state index in [0.29, 0.717) is 13.0 Å². The SMILES string of the molecule is CCC(CC)N1CC(C(=O)N2CCN(Cc3nc4ccccc4s3)CC2)CC1=O. The van der Waals surface area contributed by atoms with Crippen LogP contribution in [-0.2, 0) is 16.1 Å². The highest BCUT2D eigenvalue weighted by Crippen LogP contribution is 2.26. The van der Waals surface area contributed by atoms with Crippen molar-refractivity contribution in [1.82, 2.24) is 19.7 Å². The quantitative estimate of drug-likeness (QED) is 0.729. The average Bonchev–Trinajstić information content (AvgIpc) is 3.32. The summed E-state index contributed by atoms with van der Waals surface area (Å²) in [5, 5.41) is 1.13. The molecule has 3 heterocycles. The normalized spacial score (nSPS) is 20.9. The molecule has 1 atom stereocenters. The second-order valence-electron chi connectivity index (χ2n) is 8.09. The molecule has 7 heteroatoms. The Bertz CT molecular complexity index is 838. The lowest BCUT2D eigenvalue weighted by Gasteiger charge is -2.35. The first-order valence-corrected chi connectivity index (χ1v) is 11.6. The maximum absolute atomic E-state index is 13.0. The van der Waals surface area contributed by atoms with E-state index in [9.17, 15) is 9.59 Å². The van der Waals surface area contributed by atoms with Crippen molar-refractivity contribution >= 4 is 33.4 Å². The Labute approximate surface area is 176 Å². The van der Waals surface area contributed by atoms with Gasteiger partial charge < -0.3 is 9.80 Å². The number of amides is 2. The molecular weight excluding hydrogens is 384 g/mol. The van der Waals surface area contributed by atoms with E-state index in [2.05, 4.69) is 30.9 Å². The molecule has 6 nitrogen and oxygen atoms in total. The zero-order valence-electron chi connectivity index (χ0n) is 17.3. The van der Waals surface area contributed by atoms with Crippen molar-refractivity contribution in [3.63, 3.8) is 0 Å². The first-order chi connectivity index (χ1) is 14.1. The lowest BCUT2D eigenvalue weighted by atomic mass is 10.1. The van der Waals surface area contributed by atoms with E-state index in [1.807, 2.05) is 21.9 Å². The summed E-state index contributed by atoms with van der Waals surface area (Å²) in [6.07, 6.45) is 2.28. The summed E-state index contributed by atoms with van der Waals surface area (Å²) >= 11 is 1.75. The fraction of sp³-hybridized carbons (Fsp3) is 0.591. The van der Waals surface area contributed by atoms with Gasteiger partial charge in [0.05, 0.1) is 22.7 Å². The number of thiazole rings is 1. The van der Waals surface area contributed by atoms with Crippen LogP contribution in [0.5, 0.6) is 0 Å². The first kappa shape index (κ1) is 20.3. The third-order valence-corrected chi connectivity index (χ3v) is 7.29. The third-order valence-electron chi connectivity index (χ3n) is 6.27. The number of para-hydroxylation sites is 1. The van der Waals surface area contributed by atoms with Crippen LogP contribution in [0.1, 0.15) is 38.1 Å². The van der Waals surface area contributed by atoms with E-state index < -0.39 is 0 Å². The fourth-order valence-electron chi connectivity index (χ4n) is 4.54. The maximum atomic E-state index is 13.0. The highest BCUT2D eigenvalue weighted by Gasteiger charge is 2.39. The van der Waals surface area contributed by atoms with Gasteiger partial charge in [-0.25, -0.2) is 4.98 Å². The molecule has 2 fully saturated rings. The van der Waals surface area contributed by atoms with Crippen molar-refractivity contribution < 1.29 is 9.59 Å². The van der Waals surface area contributed by atoms with Gasteiger partial charge in [-0.3, -0.25) is 14.5 Å². The first-order valence-electron chi connectivity index (χ1n) is 10.7. The van der Waals surface area contributed by atoms with E-state index in [-0.39, 0.29) is 23.8 Å². The molecule has 0 N–H and O–H groups in total. The smallest absolute Gasteiger partial charge is 0.228 e. The van der Waals surface area contributed by atoms with Crippen LogP contribution in [0.4, 0.5) is 0 Å². The molecule has 2 aliphatic heterocycles. The molecule has 0 saturated carbocycles. The molecule has 2 amide bonds. The summed E-state index contributed by atoms with van der Waals surface area (Å²) in [6.45, 7) is 8.85. The van der Waals surface area contributed by atoms with Crippen molar-refractivity contribution in [3.8, 4) is 0 Å². The zero-order chi connectivity index (χ0) is 20.4. The molecule has 156 valence electrons. The van der Waals surface area contributed by atoms with Crippen LogP contribution in [0.2, 0.25) is 0 Å². The number of hydrogen-bond donors (Lipinski definition) is 0.